The molecule has 0 radical (unpaired) electrons. The number of carbonyl (C=O) groups is 2. The summed E-state index contributed by atoms with van der Waals surface area (Å²) in [5.74, 6) is 0. The van der Waals surface area contributed by atoms with Crippen LogP contribution in [0.1, 0.15) is 54.7 Å². The topological polar surface area (TPSA) is 70.4 Å². The molecule has 1 heterocycles. The molecule has 0 saturated carbocycles. The van der Waals surface area contributed by atoms with E-state index in [0.717, 1.165) is 17.4 Å². The molecule has 1 aromatic carbocycles. The summed E-state index contributed by atoms with van der Waals surface area (Å²) in [5, 5.41) is 9.00. The fourth-order valence-corrected chi connectivity index (χ4v) is 2.44. The van der Waals surface area contributed by atoms with Crippen LogP contribution in [0.2, 0.25) is 0 Å². The van der Waals surface area contributed by atoms with Gasteiger partial charge in [-0.05, 0) is 38.0 Å². The maximum absolute atomic E-state index is 12.3. The van der Waals surface area contributed by atoms with Crippen LogP contribution in [0.3, 0.4) is 0 Å². The van der Waals surface area contributed by atoms with Gasteiger partial charge in [0.05, 0.1) is 25.1 Å². The quantitative estimate of drug-likeness (QED) is 0.783. The predicted molar refractivity (Wildman–Crippen MR) is 76.6 cm³/mol. The van der Waals surface area contributed by atoms with E-state index in [1.54, 1.807) is 37.8 Å². The molecular formula is C16H18N2O3. The molecule has 1 aliphatic heterocycles. The minimum absolute atomic E-state index is 0.201. The van der Waals surface area contributed by atoms with E-state index >= 15 is 0 Å². The number of hydrogen-bond acceptors (Lipinski definition) is 4. The highest BCUT2D eigenvalue weighted by Crippen LogP contribution is 2.37. The molecule has 0 aromatic heterocycles. The first-order valence-electron chi connectivity index (χ1n) is 6.80. The van der Waals surface area contributed by atoms with E-state index in [1.807, 2.05) is 6.07 Å². The molecular weight excluding hydrogens is 268 g/mol. The van der Waals surface area contributed by atoms with Crippen LogP contribution in [-0.4, -0.2) is 22.9 Å². The largest absolute Gasteiger partial charge is 0.444 e. The van der Waals surface area contributed by atoms with Crippen molar-refractivity contribution in [3.8, 4) is 6.07 Å². The predicted octanol–water partition coefficient (Wildman–Crippen LogP) is 3.20. The van der Waals surface area contributed by atoms with Gasteiger partial charge in [0.2, 0.25) is 0 Å². The normalized spacial score (nSPS) is 17.0. The molecule has 0 N–H and O–H groups in total. The third kappa shape index (κ3) is 3.22. The minimum Gasteiger partial charge on any atom is -0.444 e. The number of nitrogens with zero attached hydrogens (tertiary/aromatic N) is 2. The van der Waals surface area contributed by atoms with Crippen LogP contribution >= 0.6 is 0 Å². The molecule has 1 aromatic rings. The summed E-state index contributed by atoms with van der Waals surface area (Å²) in [6.07, 6.45) is 0.536. The zero-order valence-corrected chi connectivity index (χ0v) is 12.4. The van der Waals surface area contributed by atoms with Crippen molar-refractivity contribution < 1.29 is 14.3 Å². The number of benzene rings is 1. The monoisotopic (exact) mass is 286 g/mol. The molecule has 2 rings (SSSR count). The zero-order valence-electron chi connectivity index (χ0n) is 12.4. The van der Waals surface area contributed by atoms with Crippen LogP contribution in [-0.2, 0) is 11.3 Å². The summed E-state index contributed by atoms with van der Waals surface area (Å²) in [6, 6.07) is 7.06. The maximum Gasteiger partial charge on any atom is 0.411 e. The molecule has 1 aliphatic rings. The minimum atomic E-state index is -0.586. The first-order chi connectivity index (χ1) is 9.85. The van der Waals surface area contributed by atoms with E-state index in [9.17, 15) is 9.59 Å². The van der Waals surface area contributed by atoms with Crippen molar-refractivity contribution in [3.05, 3.63) is 34.9 Å². The highest BCUT2D eigenvalue weighted by molar-refractivity contribution is 5.76. The molecule has 0 bridgehead atoms. The van der Waals surface area contributed by atoms with Crippen LogP contribution in [0.15, 0.2) is 18.2 Å². The number of fused-ring (bicyclic) bond motifs is 1. The van der Waals surface area contributed by atoms with Gasteiger partial charge in [-0.3, -0.25) is 9.69 Å². The Morgan fingerprint density at radius 3 is 2.81 bits per heavy atom. The Labute approximate surface area is 124 Å². The van der Waals surface area contributed by atoms with E-state index < -0.39 is 11.7 Å². The Morgan fingerprint density at radius 1 is 1.52 bits per heavy atom. The highest BCUT2D eigenvalue weighted by atomic mass is 16.6. The van der Waals surface area contributed by atoms with Gasteiger partial charge in [0.25, 0.3) is 0 Å². The van der Waals surface area contributed by atoms with Crippen molar-refractivity contribution in [2.45, 2.75) is 45.4 Å². The van der Waals surface area contributed by atoms with Gasteiger partial charge < -0.3 is 4.74 Å². The van der Waals surface area contributed by atoms with Gasteiger partial charge in [-0.15, -0.1) is 0 Å². The third-order valence-electron chi connectivity index (χ3n) is 3.29. The van der Waals surface area contributed by atoms with E-state index in [4.69, 9.17) is 10.00 Å². The molecule has 0 aliphatic carbocycles. The van der Waals surface area contributed by atoms with Gasteiger partial charge in [0.1, 0.15) is 11.9 Å². The number of hydrogen-bond donors (Lipinski definition) is 0. The fraction of sp³-hybridized carbons (Fsp3) is 0.438. The van der Waals surface area contributed by atoms with Gasteiger partial charge in [-0.1, -0.05) is 12.1 Å². The maximum atomic E-state index is 12.3. The lowest BCUT2D eigenvalue weighted by Crippen LogP contribution is -2.35. The SMILES string of the molecule is CC(C)(C)OC(=O)N1Cc2cc(C=O)ccc2C1CC#N. The van der Waals surface area contributed by atoms with Gasteiger partial charge in [0.15, 0.2) is 0 Å². The summed E-state index contributed by atoms with van der Waals surface area (Å²) < 4.78 is 5.39. The van der Waals surface area contributed by atoms with Crippen molar-refractivity contribution in [2.75, 3.05) is 0 Å². The Hall–Kier alpha value is -2.35. The fourth-order valence-electron chi connectivity index (χ4n) is 2.44. The molecule has 0 spiro atoms. The average molecular weight is 286 g/mol. The molecule has 5 nitrogen and oxygen atoms in total. The van der Waals surface area contributed by atoms with Crippen LogP contribution in [0.25, 0.3) is 0 Å². The Balaban J connectivity index is 2.30. The number of rotatable bonds is 2. The van der Waals surface area contributed by atoms with Gasteiger partial charge in [-0.25, -0.2) is 4.79 Å². The number of nitriles is 1. The van der Waals surface area contributed by atoms with Gasteiger partial charge in [-0.2, -0.15) is 5.26 Å². The Kier molecular flexibility index (Phi) is 3.99. The van der Waals surface area contributed by atoms with E-state index in [2.05, 4.69) is 6.07 Å². The summed E-state index contributed by atoms with van der Waals surface area (Å²) in [4.78, 5) is 24.7. The van der Waals surface area contributed by atoms with Crippen molar-refractivity contribution in [1.29, 1.82) is 5.26 Å². The van der Waals surface area contributed by atoms with E-state index in [0.29, 0.717) is 12.1 Å². The second-order valence-corrected chi connectivity index (χ2v) is 6.06. The molecule has 5 heteroatoms. The van der Waals surface area contributed by atoms with Crippen molar-refractivity contribution >= 4 is 12.4 Å². The van der Waals surface area contributed by atoms with Gasteiger partial charge in [0, 0.05) is 5.56 Å². The van der Waals surface area contributed by atoms with Crippen LogP contribution < -0.4 is 0 Å². The lowest BCUT2D eigenvalue weighted by molar-refractivity contribution is 0.0176. The number of carbonyl (C=O) groups excluding carboxylic acids is 2. The molecule has 0 saturated heterocycles. The third-order valence-corrected chi connectivity index (χ3v) is 3.29. The number of ether oxygens (including phenoxy) is 1. The first kappa shape index (κ1) is 15.0. The lowest BCUT2D eigenvalue weighted by atomic mass is 10.0. The average Bonchev–Trinajstić information content (AvgIpc) is 2.75. The van der Waals surface area contributed by atoms with E-state index in [1.165, 1.54) is 0 Å². The lowest BCUT2D eigenvalue weighted by Gasteiger charge is -2.27. The molecule has 1 unspecified atom stereocenters. The molecule has 1 amide bonds. The summed E-state index contributed by atoms with van der Waals surface area (Å²) in [6.45, 7) is 5.77. The smallest absolute Gasteiger partial charge is 0.411 e. The van der Waals surface area contributed by atoms with Crippen molar-refractivity contribution in [3.63, 3.8) is 0 Å². The molecule has 1 atom stereocenters. The van der Waals surface area contributed by atoms with E-state index in [-0.39, 0.29) is 12.5 Å². The molecule has 110 valence electrons. The van der Waals surface area contributed by atoms with Crippen LogP contribution in [0.5, 0.6) is 0 Å². The van der Waals surface area contributed by atoms with Crippen molar-refractivity contribution in [1.82, 2.24) is 4.90 Å². The highest BCUT2D eigenvalue weighted by Gasteiger charge is 2.36. The number of amides is 1. The first-order valence-corrected chi connectivity index (χ1v) is 6.80. The van der Waals surface area contributed by atoms with Crippen LogP contribution in [0, 0.1) is 11.3 Å². The molecule has 21 heavy (non-hydrogen) atoms. The Morgan fingerprint density at radius 2 is 2.24 bits per heavy atom. The molecule has 0 fully saturated rings. The summed E-state index contributed by atoms with van der Waals surface area (Å²) in [5.41, 5.74) is 1.78. The number of aldehydes is 1. The second kappa shape index (κ2) is 5.57. The summed E-state index contributed by atoms with van der Waals surface area (Å²) in [7, 11) is 0. The second-order valence-electron chi connectivity index (χ2n) is 6.06. The van der Waals surface area contributed by atoms with Gasteiger partial charge >= 0.3 is 6.09 Å². The zero-order chi connectivity index (χ0) is 15.6. The van der Waals surface area contributed by atoms with Crippen LogP contribution in [0.4, 0.5) is 4.79 Å². The Bertz CT molecular complexity index is 611. The standard InChI is InChI=1S/C16H18N2O3/c1-16(2,3)21-15(20)18-9-12-8-11(10-19)4-5-13(12)14(18)6-7-17/h4-5,8,10,14H,6,9H2,1-3H3. The van der Waals surface area contributed by atoms with Crippen molar-refractivity contribution in [2.24, 2.45) is 0 Å². The summed E-state index contributed by atoms with van der Waals surface area (Å²) >= 11 is 0.